The van der Waals surface area contributed by atoms with Gasteiger partial charge in [0.25, 0.3) is 0 Å². The molecule has 4 heterocycles. The number of carbonyl (C=O) groups excluding carboxylic acids is 1. The Balaban J connectivity index is 1.47. The predicted octanol–water partition coefficient (Wildman–Crippen LogP) is 3.30. The molecule has 0 N–H and O–H groups in total. The van der Waals surface area contributed by atoms with E-state index in [1.165, 1.54) is 11.8 Å². The van der Waals surface area contributed by atoms with E-state index >= 15 is 0 Å². The topological polar surface area (TPSA) is 61.4 Å². The van der Waals surface area contributed by atoms with Crippen molar-refractivity contribution in [3.05, 3.63) is 47.4 Å². The van der Waals surface area contributed by atoms with Crippen LogP contribution in [0.2, 0.25) is 0 Å². The van der Waals surface area contributed by atoms with E-state index in [1.54, 1.807) is 0 Å². The van der Waals surface area contributed by atoms with Crippen molar-refractivity contribution in [2.75, 3.05) is 12.4 Å². The quantitative estimate of drug-likeness (QED) is 0.492. The smallest absolute Gasteiger partial charge is 0.196 e. The number of pyridine rings is 1. The van der Waals surface area contributed by atoms with Crippen molar-refractivity contribution in [3.63, 3.8) is 0 Å². The van der Waals surface area contributed by atoms with Crippen molar-refractivity contribution in [1.29, 1.82) is 0 Å². The maximum Gasteiger partial charge on any atom is 0.196 e. The van der Waals surface area contributed by atoms with E-state index in [1.807, 2.05) is 41.8 Å². The number of nitrogens with zero attached hydrogens (tertiary/aromatic N) is 4. The summed E-state index contributed by atoms with van der Waals surface area (Å²) in [7, 11) is 0. The molecule has 4 rings (SSSR count). The van der Waals surface area contributed by atoms with Gasteiger partial charge in [-0.3, -0.25) is 9.20 Å². The number of carbonyl (C=O) groups is 1. The SMILES string of the molecule is Cc1cc(C(=O)CSc2nnc3ccccn23)c(C)n1CC1CCCO1. The third-order valence-electron chi connectivity index (χ3n) is 4.90. The number of aryl methyl sites for hydroxylation is 1. The average molecular weight is 370 g/mol. The summed E-state index contributed by atoms with van der Waals surface area (Å²) in [6, 6.07) is 7.75. The molecule has 3 aromatic rings. The first-order valence-corrected chi connectivity index (χ1v) is 9.86. The average Bonchev–Trinajstić information content (AvgIpc) is 3.36. The predicted molar refractivity (Wildman–Crippen MR) is 101 cm³/mol. The van der Waals surface area contributed by atoms with E-state index < -0.39 is 0 Å². The van der Waals surface area contributed by atoms with Crippen LogP contribution in [-0.2, 0) is 11.3 Å². The van der Waals surface area contributed by atoms with Crippen LogP contribution in [0.15, 0.2) is 35.6 Å². The highest BCUT2D eigenvalue weighted by molar-refractivity contribution is 7.99. The van der Waals surface area contributed by atoms with Gasteiger partial charge in [-0.1, -0.05) is 17.8 Å². The van der Waals surface area contributed by atoms with Gasteiger partial charge in [0.15, 0.2) is 16.6 Å². The monoisotopic (exact) mass is 370 g/mol. The highest BCUT2D eigenvalue weighted by Gasteiger charge is 2.21. The maximum absolute atomic E-state index is 12.8. The second-order valence-corrected chi connectivity index (χ2v) is 7.60. The first kappa shape index (κ1) is 17.3. The molecule has 0 spiro atoms. The van der Waals surface area contributed by atoms with Gasteiger partial charge in [-0.2, -0.15) is 0 Å². The number of ether oxygens (including phenoxy) is 1. The number of ketones is 1. The third kappa shape index (κ3) is 3.29. The number of rotatable bonds is 6. The molecule has 0 amide bonds. The molecule has 1 saturated heterocycles. The molecule has 0 aliphatic carbocycles. The standard InChI is InChI=1S/C19H22N4O2S/c1-13-10-16(14(2)23(13)11-15-6-5-9-25-15)17(24)12-26-19-21-20-18-7-3-4-8-22(18)19/h3-4,7-8,10,15H,5-6,9,11-12H2,1-2H3. The normalized spacial score (nSPS) is 17.2. The van der Waals surface area contributed by atoms with Crippen LogP contribution in [0.25, 0.3) is 5.65 Å². The van der Waals surface area contributed by atoms with Crippen LogP contribution in [0.5, 0.6) is 0 Å². The molecule has 0 saturated carbocycles. The summed E-state index contributed by atoms with van der Waals surface area (Å²) in [4.78, 5) is 12.8. The summed E-state index contributed by atoms with van der Waals surface area (Å²) in [5.41, 5.74) is 3.72. The Labute approximate surface area is 156 Å². The molecule has 1 unspecified atom stereocenters. The fourth-order valence-electron chi connectivity index (χ4n) is 3.48. The zero-order valence-electron chi connectivity index (χ0n) is 15.0. The molecule has 0 aromatic carbocycles. The second-order valence-electron chi connectivity index (χ2n) is 6.65. The Bertz CT molecular complexity index is 940. The molecule has 3 aromatic heterocycles. The Kier molecular flexibility index (Phi) is 4.82. The Morgan fingerprint density at radius 3 is 3.04 bits per heavy atom. The van der Waals surface area contributed by atoms with Gasteiger partial charge in [-0.05, 0) is 44.9 Å². The van der Waals surface area contributed by atoms with Crippen LogP contribution in [0.1, 0.15) is 34.6 Å². The fraction of sp³-hybridized carbons (Fsp3) is 0.421. The van der Waals surface area contributed by atoms with E-state index in [0.717, 1.165) is 53.7 Å². The van der Waals surface area contributed by atoms with Crippen molar-refractivity contribution in [1.82, 2.24) is 19.2 Å². The lowest BCUT2D eigenvalue weighted by Gasteiger charge is -2.14. The van der Waals surface area contributed by atoms with Crippen molar-refractivity contribution < 1.29 is 9.53 Å². The van der Waals surface area contributed by atoms with Gasteiger partial charge in [0.05, 0.1) is 11.9 Å². The van der Waals surface area contributed by atoms with Crippen molar-refractivity contribution in [2.45, 2.75) is 44.5 Å². The molecule has 1 aliphatic rings. The second kappa shape index (κ2) is 7.25. The molecule has 6 nitrogen and oxygen atoms in total. The minimum absolute atomic E-state index is 0.120. The maximum atomic E-state index is 12.8. The molecular weight excluding hydrogens is 348 g/mol. The third-order valence-corrected chi connectivity index (χ3v) is 5.84. The van der Waals surface area contributed by atoms with Crippen LogP contribution >= 0.6 is 11.8 Å². The Hall–Kier alpha value is -2.12. The minimum atomic E-state index is 0.120. The lowest BCUT2D eigenvalue weighted by atomic mass is 10.2. The molecule has 1 fully saturated rings. The van der Waals surface area contributed by atoms with Crippen molar-refractivity contribution in [2.24, 2.45) is 0 Å². The van der Waals surface area contributed by atoms with Gasteiger partial charge >= 0.3 is 0 Å². The summed E-state index contributed by atoms with van der Waals surface area (Å²) >= 11 is 1.42. The van der Waals surface area contributed by atoms with E-state index in [2.05, 4.69) is 21.7 Å². The van der Waals surface area contributed by atoms with E-state index in [0.29, 0.717) is 5.75 Å². The van der Waals surface area contributed by atoms with Gasteiger partial charge in [-0.15, -0.1) is 10.2 Å². The van der Waals surface area contributed by atoms with Crippen LogP contribution in [0.4, 0.5) is 0 Å². The molecule has 136 valence electrons. The van der Waals surface area contributed by atoms with Crippen molar-refractivity contribution >= 4 is 23.2 Å². The van der Waals surface area contributed by atoms with Gasteiger partial charge in [0.1, 0.15) is 0 Å². The Morgan fingerprint density at radius 2 is 2.23 bits per heavy atom. The lowest BCUT2D eigenvalue weighted by Crippen LogP contribution is -2.17. The summed E-state index contributed by atoms with van der Waals surface area (Å²) < 4.78 is 9.86. The summed E-state index contributed by atoms with van der Waals surface area (Å²) in [5, 5.41) is 9.04. The number of thioether (sulfide) groups is 1. The lowest BCUT2D eigenvalue weighted by molar-refractivity contribution is 0.0957. The molecule has 0 radical (unpaired) electrons. The molecule has 1 aliphatic heterocycles. The van der Waals surface area contributed by atoms with Crippen LogP contribution in [0.3, 0.4) is 0 Å². The van der Waals surface area contributed by atoms with E-state index in [4.69, 9.17) is 4.74 Å². The summed E-state index contributed by atoms with van der Waals surface area (Å²) in [6.45, 7) is 5.75. The number of Topliss-reactive ketones (excluding diaryl/α,β-unsaturated/α-hetero) is 1. The van der Waals surface area contributed by atoms with Crippen LogP contribution < -0.4 is 0 Å². The van der Waals surface area contributed by atoms with E-state index in [-0.39, 0.29) is 11.9 Å². The highest BCUT2D eigenvalue weighted by atomic mass is 32.2. The summed E-state index contributed by atoms with van der Waals surface area (Å²) in [6.07, 6.45) is 4.39. The molecule has 7 heteroatoms. The zero-order valence-corrected chi connectivity index (χ0v) is 15.8. The molecular formula is C19H22N4O2S. The number of hydrogen-bond acceptors (Lipinski definition) is 5. The van der Waals surface area contributed by atoms with Gasteiger partial charge in [-0.25, -0.2) is 0 Å². The molecule has 26 heavy (non-hydrogen) atoms. The number of fused-ring (bicyclic) bond motifs is 1. The molecule has 0 bridgehead atoms. The first-order valence-electron chi connectivity index (χ1n) is 8.87. The first-order chi connectivity index (χ1) is 12.6. The van der Waals surface area contributed by atoms with Crippen LogP contribution in [-0.4, -0.2) is 43.4 Å². The molecule has 1 atom stereocenters. The van der Waals surface area contributed by atoms with Gasteiger partial charge < -0.3 is 9.30 Å². The largest absolute Gasteiger partial charge is 0.376 e. The van der Waals surface area contributed by atoms with Crippen LogP contribution in [0, 0.1) is 13.8 Å². The summed E-state index contributed by atoms with van der Waals surface area (Å²) in [5.74, 6) is 0.467. The Morgan fingerprint density at radius 1 is 1.35 bits per heavy atom. The highest BCUT2D eigenvalue weighted by Crippen LogP contribution is 2.23. The van der Waals surface area contributed by atoms with Crippen molar-refractivity contribution in [3.8, 4) is 0 Å². The van der Waals surface area contributed by atoms with Gasteiger partial charge in [0, 0.05) is 36.3 Å². The fourth-order valence-corrected chi connectivity index (χ4v) is 4.29. The van der Waals surface area contributed by atoms with E-state index in [9.17, 15) is 4.79 Å². The number of aromatic nitrogens is 4. The van der Waals surface area contributed by atoms with Gasteiger partial charge in [0.2, 0.25) is 0 Å². The zero-order chi connectivity index (χ0) is 18.1. The minimum Gasteiger partial charge on any atom is -0.376 e. The number of hydrogen-bond donors (Lipinski definition) is 0.